The van der Waals surface area contributed by atoms with E-state index in [1.807, 2.05) is 17.0 Å². The largest absolute Gasteiger partial charge is 0.368 e. The minimum absolute atomic E-state index is 0.101. The summed E-state index contributed by atoms with van der Waals surface area (Å²) in [5, 5.41) is 19.6. The number of hydrogen-bond acceptors (Lipinski definition) is 3. The summed E-state index contributed by atoms with van der Waals surface area (Å²) < 4.78 is 13.0. The van der Waals surface area contributed by atoms with E-state index in [1.54, 1.807) is 24.3 Å². The van der Waals surface area contributed by atoms with Crippen LogP contribution in [0.25, 0.3) is 0 Å². The van der Waals surface area contributed by atoms with Crippen molar-refractivity contribution < 1.29 is 9.60 Å². The molecule has 0 aromatic heterocycles. The molecule has 6 nitrogen and oxygen atoms in total. The van der Waals surface area contributed by atoms with Gasteiger partial charge in [-0.3, -0.25) is 10.6 Å². The quantitative estimate of drug-likeness (QED) is 0.477. The fraction of sp³-hybridized carbons (Fsp3) is 0.263. The lowest BCUT2D eigenvalue weighted by atomic mass is 10.2. The molecule has 0 radical (unpaired) electrons. The predicted octanol–water partition coefficient (Wildman–Crippen LogP) is 3.46. The maximum atomic E-state index is 13.0. The average Bonchev–Trinajstić information content (AvgIpc) is 2.69. The molecule has 8 heteroatoms. The predicted molar refractivity (Wildman–Crippen MR) is 105 cm³/mol. The molecule has 1 heterocycles. The molecule has 1 saturated heterocycles. The van der Waals surface area contributed by atoms with Crippen molar-refractivity contribution in [2.75, 3.05) is 31.1 Å². The molecule has 0 saturated carbocycles. The van der Waals surface area contributed by atoms with Gasteiger partial charge in [0.25, 0.3) is 0 Å². The Morgan fingerprint density at radius 3 is 2.37 bits per heavy atom. The zero-order valence-corrected chi connectivity index (χ0v) is 15.5. The third kappa shape index (κ3) is 5.42. The van der Waals surface area contributed by atoms with Gasteiger partial charge in [0.05, 0.1) is 6.54 Å². The fourth-order valence-electron chi connectivity index (χ4n) is 2.85. The summed E-state index contributed by atoms with van der Waals surface area (Å²) in [6.45, 7) is 2.97. The highest BCUT2D eigenvalue weighted by Crippen LogP contribution is 2.17. The maximum Gasteiger partial charge on any atom is 0.219 e. The van der Waals surface area contributed by atoms with Gasteiger partial charge in [-0.1, -0.05) is 23.7 Å². The van der Waals surface area contributed by atoms with E-state index in [4.69, 9.17) is 17.0 Å². The molecule has 27 heavy (non-hydrogen) atoms. The van der Waals surface area contributed by atoms with Gasteiger partial charge in [-0.05, 0) is 42.0 Å². The summed E-state index contributed by atoms with van der Waals surface area (Å²) in [5.41, 5.74) is 1.85. The third-order valence-electron chi connectivity index (χ3n) is 4.34. The van der Waals surface area contributed by atoms with Crippen LogP contribution in [0.2, 0.25) is 5.02 Å². The molecule has 0 spiro atoms. The van der Waals surface area contributed by atoms with E-state index < -0.39 is 0 Å². The Balaban J connectivity index is 1.47. The average molecular weight is 390 g/mol. The van der Waals surface area contributed by atoms with Gasteiger partial charge in [0, 0.05) is 36.9 Å². The van der Waals surface area contributed by atoms with Gasteiger partial charge < -0.3 is 9.80 Å². The van der Waals surface area contributed by atoms with E-state index in [1.165, 1.54) is 18.5 Å². The van der Waals surface area contributed by atoms with Crippen LogP contribution in [0.4, 0.5) is 10.1 Å². The molecular formula is C19H21ClFN5O. The standard InChI is InChI=1S/C19H21ClFN5O/c20-16-3-1-15(2-4-16)13-26(27)14-23-19(22)25-11-9-24(10-12-25)18-7-5-17(21)6-8-18/h1-8,14,22,27H,9-13H2. The van der Waals surface area contributed by atoms with Crippen molar-refractivity contribution in [1.29, 1.82) is 5.41 Å². The fourth-order valence-corrected chi connectivity index (χ4v) is 2.98. The van der Waals surface area contributed by atoms with Crippen molar-refractivity contribution in [3.05, 3.63) is 64.9 Å². The van der Waals surface area contributed by atoms with Gasteiger partial charge in [-0.2, -0.15) is 0 Å². The molecule has 3 rings (SSSR count). The van der Waals surface area contributed by atoms with Crippen LogP contribution in [0.3, 0.4) is 0 Å². The number of guanidine groups is 1. The summed E-state index contributed by atoms with van der Waals surface area (Å²) >= 11 is 5.84. The number of hydroxylamine groups is 2. The van der Waals surface area contributed by atoms with Crippen LogP contribution >= 0.6 is 11.6 Å². The van der Waals surface area contributed by atoms with Gasteiger partial charge in [0.15, 0.2) is 0 Å². The van der Waals surface area contributed by atoms with Crippen molar-refractivity contribution in [3.63, 3.8) is 0 Å². The number of piperazine rings is 1. The topological polar surface area (TPSA) is 66.2 Å². The number of halogens is 2. The lowest BCUT2D eigenvalue weighted by molar-refractivity contribution is -0.0164. The van der Waals surface area contributed by atoms with Crippen LogP contribution in [-0.4, -0.2) is 53.6 Å². The van der Waals surface area contributed by atoms with E-state index in [2.05, 4.69) is 9.89 Å². The number of nitrogens with zero attached hydrogens (tertiary/aromatic N) is 4. The molecule has 0 bridgehead atoms. The van der Waals surface area contributed by atoms with Crippen molar-refractivity contribution in [2.45, 2.75) is 6.54 Å². The first-order valence-corrected chi connectivity index (χ1v) is 8.97. The lowest BCUT2D eigenvalue weighted by Gasteiger charge is -2.36. The molecular weight excluding hydrogens is 369 g/mol. The second-order valence-electron chi connectivity index (χ2n) is 6.24. The summed E-state index contributed by atoms with van der Waals surface area (Å²) in [5.74, 6) is -0.149. The van der Waals surface area contributed by atoms with Gasteiger partial charge >= 0.3 is 0 Å². The molecule has 0 unspecified atom stereocenters. The minimum atomic E-state index is -0.249. The number of anilines is 1. The van der Waals surface area contributed by atoms with E-state index in [0.29, 0.717) is 18.1 Å². The number of nitrogens with one attached hydrogen (secondary N) is 1. The van der Waals surface area contributed by atoms with Crippen LogP contribution < -0.4 is 4.90 Å². The monoisotopic (exact) mass is 389 g/mol. The molecule has 2 aromatic rings. The van der Waals surface area contributed by atoms with Crippen LogP contribution in [0.5, 0.6) is 0 Å². The SMILES string of the molecule is N=C(N=CN(O)Cc1ccc(Cl)cc1)N1CCN(c2ccc(F)cc2)CC1. The van der Waals surface area contributed by atoms with E-state index in [9.17, 15) is 9.60 Å². The van der Waals surface area contributed by atoms with E-state index >= 15 is 0 Å². The maximum absolute atomic E-state index is 13.0. The number of hydrogen-bond donors (Lipinski definition) is 2. The zero-order chi connectivity index (χ0) is 19.2. The molecule has 1 aliphatic heterocycles. The molecule has 2 aromatic carbocycles. The Bertz CT molecular complexity index is 789. The minimum Gasteiger partial charge on any atom is -0.368 e. The molecule has 0 aliphatic carbocycles. The second-order valence-corrected chi connectivity index (χ2v) is 6.68. The van der Waals surface area contributed by atoms with Crippen molar-refractivity contribution >= 4 is 29.6 Å². The Kier molecular flexibility index (Phi) is 6.26. The Hall–Kier alpha value is -2.64. The molecule has 0 amide bonds. The highest BCUT2D eigenvalue weighted by molar-refractivity contribution is 6.30. The van der Waals surface area contributed by atoms with E-state index in [-0.39, 0.29) is 18.3 Å². The number of rotatable bonds is 4. The van der Waals surface area contributed by atoms with Crippen LogP contribution in [0, 0.1) is 11.2 Å². The molecule has 1 fully saturated rings. The van der Waals surface area contributed by atoms with Gasteiger partial charge in [-0.15, -0.1) is 0 Å². The Labute approximate surface area is 162 Å². The summed E-state index contributed by atoms with van der Waals surface area (Å²) in [4.78, 5) is 8.02. The van der Waals surface area contributed by atoms with Crippen molar-refractivity contribution in [3.8, 4) is 0 Å². The summed E-state index contributed by atoms with van der Waals surface area (Å²) in [7, 11) is 0. The number of aliphatic imine (C=N–C) groups is 1. The van der Waals surface area contributed by atoms with Crippen LogP contribution in [0.1, 0.15) is 5.56 Å². The molecule has 0 atom stereocenters. The summed E-state index contributed by atoms with van der Waals surface area (Å²) in [6.07, 6.45) is 1.24. The normalized spacial score (nSPS) is 14.6. The second kappa shape index (κ2) is 8.83. The smallest absolute Gasteiger partial charge is 0.219 e. The highest BCUT2D eigenvalue weighted by atomic mass is 35.5. The first-order chi connectivity index (χ1) is 13.0. The van der Waals surface area contributed by atoms with Crippen molar-refractivity contribution in [2.24, 2.45) is 4.99 Å². The molecule has 1 aliphatic rings. The molecule has 142 valence electrons. The van der Waals surface area contributed by atoms with Gasteiger partial charge in [0.2, 0.25) is 5.96 Å². The van der Waals surface area contributed by atoms with Crippen LogP contribution in [0.15, 0.2) is 53.5 Å². The third-order valence-corrected chi connectivity index (χ3v) is 4.59. The van der Waals surface area contributed by atoms with Gasteiger partial charge in [-0.25, -0.2) is 14.4 Å². The van der Waals surface area contributed by atoms with Gasteiger partial charge in [0.1, 0.15) is 12.2 Å². The number of benzene rings is 2. The van der Waals surface area contributed by atoms with Crippen LogP contribution in [-0.2, 0) is 6.54 Å². The highest BCUT2D eigenvalue weighted by Gasteiger charge is 2.19. The Morgan fingerprint density at radius 2 is 1.74 bits per heavy atom. The lowest BCUT2D eigenvalue weighted by Crippen LogP contribution is -2.48. The first-order valence-electron chi connectivity index (χ1n) is 8.59. The zero-order valence-electron chi connectivity index (χ0n) is 14.7. The first kappa shape index (κ1) is 19.1. The van der Waals surface area contributed by atoms with E-state index in [0.717, 1.165) is 29.4 Å². The summed E-state index contributed by atoms with van der Waals surface area (Å²) in [6, 6.07) is 13.6. The Morgan fingerprint density at radius 1 is 1.11 bits per heavy atom. The molecule has 2 N–H and O–H groups in total. The van der Waals surface area contributed by atoms with Crippen molar-refractivity contribution in [1.82, 2.24) is 9.96 Å².